The topological polar surface area (TPSA) is 105 Å². The van der Waals surface area contributed by atoms with Crippen LogP contribution in [-0.2, 0) is 15.4 Å². The molecule has 1 unspecified atom stereocenters. The van der Waals surface area contributed by atoms with Crippen molar-refractivity contribution in [2.24, 2.45) is 4.99 Å². The van der Waals surface area contributed by atoms with Crippen LogP contribution in [0.3, 0.4) is 0 Å². The van der Waals surface area contributed by atoms with Gasteiger partial charge in [-0.25, -0.2) is 13.9 Å². The molecule has 13 heteroatoms. The number of allylic oxidation sites excluding steroid dienone is 1. The third kappa shape index (κ3) is 5.11. The van der Waals surface area contributed by atoms with Gasteiger partial charge in [-0.05, 0) is 12.5 Å². The molecular formula is C16H20F2N6O3S2. The van der Waals surface area contributed by atoms with Crippen molar-refractivity contribution >= 4 is 34.0 Å². The normalized spacial score (nSPS) is 15.9. The molecule has 0 aromatic carbocycles. The second-order valence-electron chi connectivity index (χ2n) is 5.73. The number of aliphatic hydroxyl groups excluding tert-OH is 1. The van der Waals surface area contributed by atoms with Gasteiger partial charge < -0.3 is 10.0 Å². The minimum atomic E-state index is -2.73. The van der Waals surface area contributed by atoms with E-state index in [1.807, 2.05) is 12.3 Å². The van der Waals surface area contributed by atoms with E-state index in [1.165, 1.54) is 23.6 Å². The van der Waals surface area contributed by atoms with Crippen molar-refractivity contribution < 1.29 is 22.3 Å². The predicted molar refractivity (Wildman–Crippen MR) is 105 cm³/mol. The molecule has 2 aromatic rings. The van der Waals surface area contributed by atoms with Gasteiger partial charge in [-0.1, -0.05) is 6.92 Å². The van der Waals surface area contributed by atoms with Gasteiger partial charge in [-0.15, -0.1) is 11.3 Å². The number of aromatic nitrogens is 3. The molecule has 3 heterocycles. The standard InChI is InChI=1S/C16H20F2N6O3S2/c1-2-13-11(12-3-5-24(22-12)16(17)18)9-20-14(15-19-4-8-28-15)23(13)10-21-29(26)27-7-6-25/h3-5,8,16,21,25H,2,6-7,9-10H2,1H3. The van der Waals surface area contributed by atoms with E-state index < -0.39 is 17.8 Å². The Morgan fingerprint density at radius 2 is 2.31 bits per heavy atom. The van der Waals surface area contributed by atoms with E-state index in [2.05, 4.69) is 19.8 Å². The largest absolute Gasteiger partial charge is 0.394 e. The monoisotopic (exact) mass is 446 g/mol. The summed E-state index contributed by atoms with van der Waals surface area (Å²) in [4.78, 5) is 10.7. The fourth-order valence-electron chi connectivity index (χ4n) is 2.82. The molecular weight excluding hydrogens is 426 g/mol. The summed E-state index contributed by atoms with van der Waals surface area (Å²) in [5, 5.41) is 15.2. The zero-order chi connectivity index (χ0) is 20.8. The zero-order valence-electron chi connectivity index (χ0n) is 15.5. The number of rotatable bonds is 10. The Hall–Kier alpha value is -2.06. The zero-order valence-corrected chi connectivity index (χ0v) is 17.1. The summed E-state index contributed by atoms with van der Waals surface area (Å²) in [5.74, 6) is 0.584. The maximum atomic E-state index is 12.9. The summed E-state index contributed by atoms with van der Waals surface area (Å²) in [6.45, 7) is -0.773. The van der Waals surface area contributed by atoms with Crippen LogP contribution in [0.5, 0.6) is 0 Å². The number of amidine groups is 1. The number of nitrogens with one attached hydrogen (secondary N) is 1. The number of halogens is 2. The molecule has 29 heavy (non-hydrogen) atoms. The second kappa shape index (κ2) is 10.1. The average molecular weight is 447 g/mol. The Morgan fingerprint density at radius 3 is 2.93 bits per heavy atom. The molecule has 0 fully saturated rings. The highest BCUT2D eigenvalue weighted by molar-refractivity contribution is 7.78. The highest BCUT2D eigenvalue weighted by Gasteiger charge is 2.27. The van der Waals surface area contributed by atoms with Gasteiger partial charge in [0.1, 0.15) is 0 Å². The van der Waals surface area contributed by atoms with E-state index in [0.29, 0.717) is 33.2 Å². The van der Waals surface area contributed by atoms with Crippen molar-refractivity contribution in [1.82, 2.24) is 24.4 Å². The molecule has 0 bridgehead atoms. The van der Waals surface area contributed by atoms with Gasteiger partial charge in [0, 0.05) is 29.0 Å². The SMILES string of the molecule is CCC1=C(c2ccn(C(F)F)n2)CN=C(c2nccs2)N1CNS(=O)OCCO. The third-order valence-electron chi connectivity index (χ3n) is 4.01. The molecule has 2 aromatic heterocycles. The Bertz CT molecular complexity index is 900. The smallest absolute Gasteiger partial charge is 0.333 e. The van der Waals surface area contributed by atoms with E-state index in [9.17, 15) is 13.0 Å². The summed E-state index contributed by atoms with van der Waals surface area (Å²) in [7, 11) is 0. The average Bonchev–Trinajstić information content (AvgIpc) is 3.42. The Labute approximate surface area is 172 Å². The first-order valence-corrected chi connectivity index (χ1v) is 10.7. The lowest BCUT2D eigenvalue weighted by molar-refractivity contribution is 0.0564. The summed E-state index contributed by atoms with van der Waals surface area (Å²) in [6.07, 6.45) is 3.44. The van der Waals surface area contributed by atoms with Crippen molar-refractivity contribution in [2.45, 2.75) is 19.9 Å². The summed E-state index contributed by atoms with van der Waals surface area (Å²) < 4.78 is 46.0. The van der Waals surface area contributed by atoms with E-state index in [-0.39, 0.29) is 26.4 Å². The van der Waals surface area contributed by atoms with E-state index in [0.717, 1.165) is 5.70 Å². The van der Waals surface area contributed by atoms with Crippen LogP contribution in [0, 0.1) is 0 Å². The Balaban J connectivity index is 1.91. The van der Waals surface area contributed by atoms with Crippen LogP contribution in [-0.4, -0.2) is 61.2 Å². The molecule has 0 amide bonds. The molecule has 2 N–H and O–H groups in total. The predicted octanol–water partition coefficient (Wildman–Crippen LogP) is 1.75. The molecule has 0 radical (unpaired) electrons. The summed E-state index contributed by atoms with van der Waals surface area (Å²) in [6, 6.07) is 1.52. The van der Waals surface area contributed by atoms with Crippen molar-refractivity contribution in [3.63, 3.8) is 0 Å². The summed E-state index contributed by atoms with van der Waals surface area (Å²) in [5.41, 5.74) is 1.92. The molecule has 1 atom stereocenters. The van der Waals surface area contributed by atoms with Crippen LogP contribution in [0.2, 0.25) is 0 Å². The highest BCUT2D eigenvalue weighted by atomic mass is 32.2. The van der Waals surface area contributed by atoms with Gasteiger partial charge in [-0.2, -0.15) is 18.6 Å². The number of alkyl halides is 2. The van der Waals surface area contributed by atoms with Gasteiger partial charge in [0.2, 0.25) is 11.3 Å². The maximum Gasteiger partial charge on any atom is 0.333 e. The van der Waals surface area contributed by atoms with Crippen molar-refractivity contribution in [3.05, 3.63) is 40.2 Å². The number of thiazole rings is 1. The first-order valence-electron chi connectivity index (χ1n) is 8.72. The molecule has 158 valence electrons. The van der Waals surface area contributed by atoms with Gasteiger partial charge in [0.05, 0.1) is 32.1 Å². The van der Waals surface area contributed by atoms with E-state index in [1.54, 1.807) is 11.1 Å². The quantitative estimate of drug-likeness (QED) is 0.576. The van der Waals surface area contributed by atoms with Gasteiger partial charge in [-0.3, -0.25) is 9.18 Å². The van der Waals surface area contributed by atoms with Gasteiger partial charge in [0.15, 0.2) is 10.8 Å². The lowest BCUT2D eigenvalue weighted by atomic mass is 10.1. The Morgan fingerprint density at radius 1 is 1.48 bits per heavy atom. The molecule has 9 nitrogen and oxygen atoms in total. The lowest BCUT2D eigenvalue weighted by Gasteiger charge is -2.32. The molecule has 0 saturated carbocycles. The molecule has 0 spiro atoms. The molecule has 1 aliphatic rings. The minimum Gasteiger partial charge on any atom is -0.394 e. The fraction of sp³-hybridized carbons (Fsp3) is 0.438. The van der Waals surface area contributed by atoms with E-state index >= 15 is 0 Å². The van der Waals surface area contributed by atoms with Crippen LogP contribution in [0.15, 0.2) is 34.5 Å². The molecule has 0 saturated heterocycles. The highest BCUT2D eigenvalue weighted by Crippen LogP contribution is 2.29. The molecule has 3 rings (SSSR count). The fourth-order valence-corrected chi connectivity index (χ4v) is 4.02. The maximum absolute atomic E-state index is 12.9. The van der Waals surface area contributed by atoms with Crippen LogP contribution in [0.1, 0.15) is 30.6 Å². The van der Waals surface area contributed by atoms with Gasteiger partial charge in [0.25, 0.3) is 0 Å². The first kappa shape index (κ1) is 21.6. The minimum absolute atomic E-state index is 0.0696. The second-order valence-corrected chi connectivity index (χ2v) is 7.61. The Kier molecular flexibility index (Phi) is 7.55. The molecule has 1 aliphatic heterocycles. The lowest BCUT2D eigenvalue weighted by Crippen LogP contribution is -2.42. The van der Waals surface area contributed by atoms with Crippen molar-refractivity contribution in [2.75, 3.05) is 26.4 Å². The number of aliphatic hydroxyl groups is 1. The number of aliphatic imine (C=N–C) groups is 1. The summed E-state index contributed by atoms with van der Waals surface area (Å²) >= 11 is -0.417. The van der Waals surface area contributed by atoms with Crippen molar-refractivity contribution in [1.29, 1.82) is 0 Å². The van der Waals surface area contributed by atoms with Gasteiger partial charge >= 0.3 is 6.55 Å². The van der Waals surface area contributed by atoms with E-state index in [4.69, 9.17) is 9.29 Å². The number of nitrogens with zero attached hydrogens (tertiary/aromatic N) is 5. The van der Waals surface area contributed by atoms with Crippen LogP contribution < -0.4 is 4.72 Å². The number of hydrogen-bond donors (Lipinski definition) is 2. The van der Waals surface area contributed by atoms with Crippen LogP contribution in [0.4, 0.5) is 8.78 Å². The van der Waals surface area contributed by atoms with Crippen molar-refractivity contribution in [3.8, 4) is 0 Å². The van der Waals surface area contributed by atoms with Crippen LogP contribution in [0.25, 0.3) is 5.57 Å². The molecule has 0 aliphatic carbocycles. The number of hydrogen-bond acceptors (Lipinski definition) is 8. The third-order valence-corrected chi connectivity index (χ3v) is 5.53. The van der Waals surface area contributed by atoms with Crippen LogP contribution >= 0.6 is 11.3 Å². The first-order chi connectivity index (χ1) is 14.0.